The van der Waals surface area contributed by atoms with Crippen LogP contribution in [0.2, 0.25) is 0 Å². The van der Waals surface area contributed by atoms with E-state index < -0.39 is 0 Å². The van der Waals surface area contributed by atoms with E-state index in [1.165, 1.54) is 0 Å². The van der Waals surface area contributed by atoms with Crippen molar-refractivity contribution in [2.75, 3.05) is 45.9 Å². The first-order valence-electron chi connectivity index (χ1n) is 8.49. The molecule has 1 heterocycles. The number of benzene rings is 1. The molecule has 0 saturated carbocycles. The predicted octanol–water partition coefficient (Wildman–Crippen LogP) is 1.52. The highest BCUT2D eigenvalue weighted by Gasteiger charge is 2.11. The van der Waals surface area contributed by atoms with Gasteiger partial charge < -0.3 is 15.4 Å². The first-order valence-corrected chi connectivity index (χ1v) is 8.49. The fraction of sp³-hybridized carbons (Fsp3) is 0.611. The molecule has 5 nitrogen and oxygen atoms in total. The van der Waals surface area contributed by atoms with Gasteiger partial charge in [-0.05, 0) is 30.0 Å². The highest BCUT2D eigenvalue weighted by Crippen LogP contribution is 2.27. The smallest absolute Gasteiger partial charge is 0.257 e. The standard InChI is InChI=1S/C18H29N3O2/c1-14(2)16-5-4-15(3)12-17(16)23-13-18(22)20-8-11-21-9-6-19-7-10-21/h4-5,12,14,19H,6-11,13H2,1-3H3,(H,20,22). The molecule has 1 amide bonds. The Balaban J connectivity index is 1.74. The van der Waals surface area contributed by atoms with E-state index in [1.807, 2.05) is 13.0 Å². The van der Waals surface area contributed by atoms with Crippen LogP contribution in [0, 0.1) is 6.92 Å². The zero-order chi connectivity index (χ0) is 16.7. The van der Waals surface area contributed by atoms with Crippen molar-refractivity contribution in [3.05, 3.63) is 29.3 Å². The van der Waals surface area contributed by atoms with E-state index in [0.29, 0.717) is 12.5 Å². The number of rotatable bonds is 7. The van der Waals surface area contributed by atoms with Crippen LogP contribution in [-0.4, -0.2) is 56.7 Å². The molecule has 5 heteroatoms. The van der Waals surface area contributed by atoms with Crippen molar-refractivity contribution in [3.63, 3.8) is 0 Å². The fourth-order valence-electron chi connectivity index (χ4n) is 2.73. The molecule has 0 atom stereocenters. The maximum Gasteiger partial charge on any atom is 0.257 e. The minimum absolute atomic E-state index is 0.0589. The summed E-state index contributed by atoms with van der Waals surface area (Å²) in [5.74, 6) is 1.13. The molecule has 2 N–H and O–H groups in total. The molecule has 0 unspecified atom stereocenters. The SMILES string of the molecule is Cc1ccc(C(C)C)c(OCC(=O)NCCN2CCNCC2)c1. The minimum Gasteiger partial charge on any atom is -0.483 e. The van der Waals surface area contributed by atoms with Crippen LogP contribution in [0.5, 0.6) is 5.75 Å². The summed E-state index contributed by atoms with van der Waals surface area (Å²) in [6.07, 6.45) is 0. The summed E-state index contributed by atoms with van der Waals surface area (Å²) in [7, 11) is 0. The van der Waals surface area contributed by atoms with Crippen molar-refractivity contribution in [1.82, 2.24) is 15.5 Å². The Kier molecular flexibility index (Phi) is 6.86. The van der Waals surface area contributed by atoms with Crippen molar-refractivity contribution in [2.45, 2.75) is 26.7 Å². The number of aryl methyl sites for hydroxylation is 1. The van der Waals surface area contributed by atoms with Gasteiger partial charge in [0.05, 0.1) is 0 Å². The number of piperazine rings is 1. The average Bonchev–Trinajstić information content (AvgIpc) is 2.53. The molecule has 0 radical (unpaired) electrons. The van der Waals surface area contributed by atoms with E-state index in [0.717, 1.165) is 49.6 Å². The van der Waals surface area contributed by atoms with Crippen LogP contribution in [0.25, 0.3) is 0 Å². The number of carbonyl (C=O) groups is 1. The molecule has 0 aromatic heterocycles. The van der Waals surface area contributed by atoms with Gasteiger partial charge in [-0.2, -0.15) is 0 Å². The molecule has 128 valence electrons. The molecular formula is C18H29N3O2. The summed E-state index contributed by atoms with van der Waals surface area (Å²) >= 11 is 0. The molecule has 1 aliphatic heterocycles. The van der Waals surface area contributed by atoms with Crippen molar-refractivity contribution in [2.24, 2.45) is 0 Å². The molecule has 0 bridgehead atoms. The third kappa shape index (κ3) is 5.84. The second-order valence-corrected chi connectivity index (χ2v) is 6.43. The lowest BCUT2D eigenvalue weighted by Gasteiger charge is -2.27. The Bertz CT molecular complexity index is 511. The largest absolute Gasteiger partial charge is 0.483 e. The predicted molar refractivity (Wildman–Crippen MR) is 93.1 cm³/mol. The van der Waals surface area contributed by atoms with Gasteiger partial charge in [-0.25, -0.2) is 0 Å². The van der Waals surface area contributed by atoms with Crippen LogP contribution in [0.1, 0.15) is 30.9 Å². The molecular weight excluding hydrogens is 290 g/mol. The quantitative estimate of drug-likeness (QED) is 0.800. The van der Waals surface area contributed by atoms with E-state index in [2.05, 4.69) is 41.5 Å². The van der Waals surface area contributed by atoms with Crippen LogP contribution in [-0.2, 0) is 4.79 Å². The van der Waals surface area contributed by atoms with Gasteiger partial charge in [0.1, 0.15) is 5.75 Å². The molecule has 1 aromatic rings. The third-order valence-corrected chi connectivity index (χ3v) is 4.11. The Labute approximate surface area is 139 Å². The van der Waals surface area contributed by atoms with E-state index >= 15 is 0 Å². The summed E-state index contributed by atoms with van der Waals surface area (Å²) in [6.45, 7) is 12.1. The Hall–Kier alpha value is -1.59. The van der Waals surface area contributed by atoms with E-state index in [4.69, 9.17) is 4.74 Å². The van der Waals surface area contributed by atoms with E-state index in [1.54, 1.807) is 0 Å². The van der Waals surface area contributed by atoms with Crippen molar-refractivity contribution in [3.8, 4) is 5.75 Å². The zero-order valence-electron chi connectivity index (χ0n) is 14.5. The number of carbonyl (C=O) groups excluding carboxylic acids is 1. The number of nitrogens with zero attached hydrogens (tertiary/aromatic N) is 1. The van der Waals surface area contributed by atoms with Crippen molar-refractivity contribution in [1.29, 1.82) is 0 Å². The molecule has 0 spiro atoms. The lowest BCUT2D eigenvalue weighted by atomic mass is 10.0. The summed E-state index contributed by atoms with van der Waals surface area (Å²) in [4.78, 5) is 14.3. The number of hydrogen-bond donors (Lipinski definition) is 2. The lowest BCUT2D eigenvalue weighted by Crippen LogP contribution is -2.46. The summed E-state index contributed by atoms with van der Waals surface area (Å²) in [6, 6.07) is 6.16. The molecule has 1 fully saturated rings. The monoisotopic (exact) mass is 319 g/mol. The lowest BCUT2D eigenvalue weighted by molar-refractivity contribution is -0.123. The van der Waals surface area contributed by atoms with Crippen LogP contribution in [0.3, 0.4) is 0 Å². The first-order chi connectivity index (χ1) is 11.1. The maximum atomic E-state index is 12.0. The van der Waals surface area contributed by atoms with Gasteiger partial charge in [0, 0.05) is 39.3 Å². The summed E-state index contributed by atoms with van der Waals surface area (Å²) in [5.41, 5.74) is 2.28. The van der Waals surface area contributed by atoms with Gasteiger partial charge in [0.25, 0.3) is 5.91 Å². The second kappa shape index (κ2) is 8.89. The average molecular weight is 319 g/mol. The number of nitrogens with one attached hydrogen (secondary N) is 2. The van der Waals surface area contributed by atoms with E-state index in [9.17, 15) is 4.79 Å². The van der Waals surface area contributed by atoms with Crippen LogP contribution < -0.4 is 15.4 Å². The Morgan fingerprint density at radius 3 is 2.78 bits per heavy atom. The number of hydrogen-bond acceptors (Lipinski definition) is 4. The van der Waals surface area contributed by atoms with Crippen LogP contribution in [0.4, 0.5) is 0 Å². The number of amides is 1. The molecule has 1 aromatic carbocycles. The van der Waals surface area contributed by atoms with Gasteiger partial charge in [0.15, 0.2) is 6.61 Å². The third-order valence-electron chi connectivity index (χ3n) is 4.11. The summed E-state index contributed by atoms with van der Waals surface area (Å²) < 4.78 is 5.75. The number of ether oxygens (including phenoxy) is 1. The highest BCUT2D eigenvalue weighted by atomic mass is 16.5. The van der Waals surface area contributed by atoms with Gasteiger partial charge >= 0.3 is 0 Å². The van der Waals surface area contributed by atoms with Crippen molar-refractivity contribution >= 4 is 5.91 Å². The Morgan fingerprint density at radius 1 is 1.35 bits per heavy atom. The van der Waals surface area contributed by atoms with Crippen LogP contribution in [0.15, 0.2) is 18.2 Å². The topological polar surface area (TPSA) is 53.6 Å². The maximum absolute atomic E-state index is 12.0. The fourth-order valence-corrected chi connectivity index (χ4v) is 2.73. The van der Waals surface area contributed by atoms with Gasteiger partial charge in [-0.15, -0.1) is 0 Å². The molecule has 2 rings (SSSR count). The molecule has 23 heavy (non-hydrogen) atoms. The van der Waals surface area contributed by atoms with Crippen LogP contribution >= 0.6 is 0 Å². The normalized spacial score (nSPS) is 15.7. The zero-order valence-corrected chi connectivity index (χ0v) is 14.5. The molecule has 1 saturated heterocycles. The second-order valence-electron chi connectivity index (χ2n) is 6.43. The minimum atomic E-state index is -0.0589. The van der Waals surface area contributed by atoms with E-state index in [-0.39, 0.29) is 12.5 Å². The summed E-state index contributed by atoms with van der Waals surface area (Å²) in [5, 5.41) is 6.26. The Morgan fingerprint density at radius 2 is 2.09 bits per heavy atom. The van der Waals surface area contributed by atoms with Gasteiger partial charge in [-0.3, -0.25) is 9.69 Å². The molecule has 1 aliphatic rings. The van der Waals surface area contributed by atoms with Gasteiger partial charge in [-0.1, -0.05) is 26.0 Å². The molecule has 0 aliphatic carbocycles. The van der Waals surface area contributed by atoms with Crippen molar-refractivity contribution < 1.29 is 9.53 Å². The first kappa shape index (κ1) is 17.8. The highest BCUT2D eigenvalue weighted by molar-refractivity contribution is 5.77. The van der Waals surface area contributed by atoms with Gasteiger partial charge in [0.2, 0.25) is 0 Å².